The lowest BCUT2D eigenvalue weighted by Gasteiger charge is -2.12. The second-order valence-corrected chi connectivity index (χ2v) is 7.25. The number of nitrogens with one attached hydrogen (secondary N) is 1. The van der Waals surface area contributed by atoms with Gasteiger partial charge in [-0.3, -0.25) is 4.79 Å². The van der Waals surface area contributed by atoms with E-state index in [1.54, 1.807) is 24.3 Å². The van der Waals surface area contributed by atoms with E-state index in [4.69, 9.17) is 18.3 Å². The third kappa shape index (κ3) is 4.52. The van der Waals surface area contributed by atoms with Crippen LogP contribution in [0.15, 0.2) is 62.9 Å². The van der Waals surface area contributed by atoms with Gasteiger partial charge < -0.3 is 28.7 Å². The van der Waals surface area contributed by atoms with Gasteiger partial charge in [-0.15, -0.1) is 10.2 Å². The Morgan fingerprint density at radius 2 is 1.66 bits per heavy atom. The van der Waals surface area contributed by atoms with Crippen LogP contribution in [0, 0.1) is 0 Å². The minimum Gasteiger partial charge on any atom is -0.502 e. The highest BCUT2D eigenvalue weighted by atomic mass is 32.2. The van der Waals surface area contributed by atoms with E-state index < -0.39 is 0 Å². The van der Waals surface area contributed by atoms with E-state index in [2.05, 4.69) is 20.5 Å². The van der Waals surface area contributed by atoms with Crippen molar-refractivity contribution in [3.8, 4) is 40.2 Å². The molecule has 0 fully saturated rings. The molecule has 0 saturated heterocycles. The SMILES string of the molecule is COc1cc(NC(=O)CSc2nnc(-c3ccco3)c(-c3ccco3)n2)cc(OC)c1O. The molecule has 1 aromatic carbocycles. The first-order chi connectivity index (χ1) is 15.6. The van der Waals surface area contributed by atoms with Gasteiger partial charge >= 0.3 is 0 Å². The zero-order chi connectivity index (χ0) is 22.5. The van der Waals surface area contributed by atoms with Gasteiger partial charge in [0.05, 0.1) is 32.5 Å². The molecule has 3 aromatic heterocycles. The molecule has 0 atom stereocenters. The lowest BCUT2D eigenvalue weighted by Crippen LogP contribution is -2.14. The van der Waals surface area contributed by atoms with Crippen LogP contribution in [0.3, 0.4) is 0 Å². The Hall–Kier alpha value is -3.99. The Morgan fingerprint density at radius 3 is 2.22 bits per heavy atom. The van der Waals surface area contributed by atoms with Crippen LogP contribution in [-0.4, -0.2) is 46.2 Å². The number of hydrogen-bond donors (Lipinski definition) is 2. The third-order valence-corrected chi connectivity index (χ3v) is 5.11. The van der Waals surface area contributed by atoms with Gasteiger partial charge in [-0.2, -0.15) is 0 Å². The largest absolute Gasteiger partial charge is 0.502 e. The van der Waals surface area contributed by atoms with Gasteiger partial charge in [-0.1, -0.05) is 11.8 Å². The molecule has 0 aliphatic carbocycles. The first-order valence-electron chi connectivity index (χ1n) is 9.29. The summed E-state index contributed by atoms with van der Waals surface area (Å²) in [6.45, 7) is 0. The van der Waals surface area contributed by atoms with E-state index in [1.165, 1.54) is 38.9 Å². The normalized spacial score (nSPS) is 10.7. The second kappa shape index (κ2) is 9.43. The summed E-state index contributed by atoms with van der Waals surface area (Å²) in [6.07, 6.45) is 3.06. The van der Waals surface area contributed by atoms with Gasteiger partial charge in [0.2, 0.25) is 16.8 Å². The van der Waals surface area contributed by atoms with Crippen molar-refractivity contribution in [3.63, 3.8) is 0 Å². The summed E-state index contributed by atoms with van der Waals surface area (Å²) in [5.74, 6) is 0.909. The Balaban J connectivity index is 1.49. The molecular weight excluding hydrogens is 436 g/mol. The number of phenolic OH excluding ortho intramolecular Hbond substituents is 1. The first-order valence-corrected chi connectivity index (χ1v) is 10.3. The number of nitrogens with zero attached hydrogens (tertiary/aromatic N) is 3. The van der Waals surface area contributed by atoms with E-state index in [1.807, 2.05) is 0 Å². The number of phenols is 1. The van der Waals surface area contributed by atoms with Gasteiger partial charge in [-0.05, 0) is 24.3 Å². The molecule has 10 nitrogen and oxygen atoms in total. The molecule has 11 heteroatoms. The van der Waals surface area contributed by atoms with Crippen molar-refractivity contribution in [2.75, 3.05) is 25.3 Å². The molecule has 1 amide bonds. The Kier molecular flexibility index (Phi) is 6.26. The molecule has 0 bridgehead atoms. The third-order valence-electron chi connectivity index (χ3n) is 4.27. The molecule has 164 valence electrons. The van der Waals surface area contributed by atoms with Crippen molar-refractivity contribution in [2.24, 2.45) is 0 Å². The van der Waals surface area contributed by atoms with E-state index >= 15 is 0 Å². The van der Waals surface area contributed by atoms with Crippen LogP contribution in [-0.2, 0) is 4.79 Å². The number of rotatable bonds is 8. The number of hydrogen-bond acceptors (Lipinski definition) is 10. The summed E-state index contributed by atoms with van der Waals surface area (Å²) >= 11 is 1.11. The summed E-state index contributed by atoms with van der Waals surface area (Å²) in [5.41, 5.74) is 1.29. The predicted octanol–water partition coefficient (Wildman–Crippen LogP) is 3.85. The first kappa shape index (κ1) is 21.2. The minimum absolute atomic E-state index is 0.0187. The number of methoxy groups -OCH3 is 2. The number of carbonyl (C=O) groups excluding carboxylic acids is 1. The number of furan rings is 2. The van der Waals surface area contributed by atoms with E-state index in [-0.39, 0.29) is 28.9 Å². The number of ether oxygens (including phenoxy) is 2. The summed E-state index contributed by atoms with van der Waals surface area (Å²) in [4.78, 5) is 17.0. The maximum atomic E-state index is 12.5. The summed E-state index contributed by atoms with van der Waals surface area (Å²) in [7, 11) is 2.81. The van der Waals surface area contributed by atoms with Gasteiger partial charge in [0, 0.05) is 17.8 Å². The number of thioether (sulfide) groups is 1. The van der Waals surface area contributed by atoms with Crippen molar-refractivity contribution in [3.05, 3.63) is 48.9 Å². The fourth-order valence-electron chi connectivity index (χ4n) is 2.83. The number of amides is 1. The van der Waals surface area contributed by atoms with Crippen molar-refractivity contribution >= 4 is 23.4 Å². The van der Waals surface area contributed by atoms with E-state index in [9.17, 15) is 9.90 Å². The highest BCUT2D eigenvalue weighted by Crippen LogP contribution is 2.39. The molecule has 0 aliphatic heterocycles. The molecule has 4 aromatic rings. The number of aromatic nitrogens is 3. The zero-order valence-corrected chi connectivity index (χ0v) is 17.9. The second-order valence-electron chi connectivity index (χ2n) is 6.31. The number of benzene rings is 1. The van der Waals surface area contributed by atoms with E-state index in [0.29, 0.717) is 33.8 Å². The minimum atomic E-state index is -0.317. The molecule has 0 radical (unpaired) electrons. The lowest BCUT2D eigenvalue weighted by molar-refractivity contribution is -0.113. The summed E-state index contributed by atoms with van der Waals surface area (Å²) in [6, 6.07) is 9.96. The standard InChI is InChI=1S/C21H18N4O6S/c1-28-15-9-12(10-16(29-2)20(15)27)22-17(26)11-32-21-23-18(13-5-3-7-30-13)19(24-25-21)14-6-4-8-31-14/h3-10,27H,11H2,1-2H3,(H,22,26). The fourth-order valence-corrected chi connectivity index (χ4v) is 3.42. The van der Waals surface area contributed by atoms with Gasteiger partial charge in [0.15, 0.2) is 28.7 Å². The highest BCUT2D eigenvalue weighted by molar-refractivity contribution is 7.99. The van der Waals surface area contributed by atoms with E-state index in [0.717, 1.165) is 11.8 Å². The number of aromatic hydroxyl groups is 1. The van der Waals surface area contributed by atoms with Crippen LogP contribution < -0.4 is 14.8 Å². The molecular formula is C21H18N4O6S. The van der Waals surface area contributed by atoms with Crippen LogP contribution in [0.4, 0.5) is 5.69 Å². The van der Waals surface area contributed by atoms with Crippen molar-refractivity contribution in [1.82, 2.24) is 15.2 Å². The average molecular weight is 454 g/mol. The molecule has 2 N–H and O–H groups in total. The number of anilines is 1. The lowest BCUT2D eigenvalue weighted by atomic mass is 10.2. The highest BCUT2D eigenvalue weighted by Gasteiger charge is 2.19. The Bertz CT molecular complexity index is 1190. The van der Waals surface area contributed by atoms with Crippen molar-refractivity contribution in [1.29, 1.82) is 0 Å². The predicted molar refractivity (Wildman–Crippen MR) is 116 cm³/mol. The molecule has 0 saturated carbocycles. The Morgan fingerprint density at radius 1 is 1.03 bits per heavy atom. The van der Waals surface area contributed by atoms with Crippen molar-refractivity contribution in [2.45, 2.75) is 5.16 Å². The maximum absolute atomic E-state index is 12.5. The molecule has 3 heterocycles. The molecule has 4 rings (SSSR count). The average Bonchev–Trinajstić information content (AvgIpc) is 3.53. The smallest absolute Gasteiger partial charge is 0.234 e. The molecule has 0 unspecified atom stereocenters. The fraction of sp³-hybridized carbons (Fsp3) is 0.143. The zero-order valence-electron chi connectivity index (χ0n) is 17.1. The monoisotopic (exact) mass is 454 g/mol. The quantitative estimate of drug-likeness (QED) is 0.299. The van der Waals surface area contributed by atoms with Gasteiger partial charge in [0.25, 0.3) is 0 Å². The Labute approximate surface area is 186 Å². The van der Waals surface area contributed by atoms with Crippen LogP contribution in [0.2, 0.25) is 0 Å². The summed E-state index contributed by atoms with van der Waals surface area (Å²) < 4.78 is 21.1. The number of carbonyl (C=O) groups is 1. The summed E-state index contributed by atoms with van der Waals surface area (Å²) in [5, 5.41) is 21.3. The van der Waals surface area contributed by atoms with Gasteiger partial charge in [0.1, 0.15) is 5.69 Å². The molecule has 32 heavy (non-hydrogen) atoms. The van der Waals surface area contributed by atoms with Crippen LogP contribution >= 0.6 is 11.8 Å². The molecule has 0 spiro atoms. The van der Waals surface area contributed by atoms with Crippen LogP contribution in [0.1, 0.15) is 0 Å². The van der Waals surface area contributed by atoms with Crippen molar-refractivity contribution < 1.29 is 28.2 Å². The van der Waals surface area contributed by atoms with Gasteiger partial charge in [-0.25, -0.2) is 4.98 Å². The van der Waals surface area contributed by atoms with Crippen LogP contribution in [0.5, 0.6) is 17.2 Å². The topological polar surface area (TPSA) is 133 Å². The van der Waals surface area contributed by atoms with Crippen LogP contribution in [0.25, 0.3) is 22.9 Å². The molecule has 0 aliphatic rings. The maximum Gasteiger partial charge on any atom is 0.234 e.